The first-order valence-corrected chi connectivity index (χ1v) is 5.35. The molecule has 0 aliphatic carbocycles. The van der Waals surface area contributed by atoms with Crippen molar-refractivity contribution in [3.63, 3.8) is 0 Å². The molecule has 0 spiro atoms. The van der Waals surface area contributed by atoms with E-state index >= 15 is 0 Å². The van der Waals surface area contributed by atoms with E-state index in [1.807, 2.05) is 0 Å². The fourth-order valence-electron chi connectivity index (χ4n) is 2.08. The number of halogens is 1. The lowest BCUT2D eigenvalue weighted by molar-refractivity contribution is 0.408. The third-order valence-electron chi connectivity index (χ3n) is 3.02. The van der Waals surface area contributed by atoms with Gasteiger partial charge in [-0.3, -0.25) is 0 Å². The minimum atomic E-state index is -0.218. The second kappa shape index (κ2) is 4.09. The van der Waals surface area contributed by atoms with E-state index in [-0.39, 0.29) is 5.82 Å². The zero-order chi connectivity index (χ0) is 10.8. The number of methoxy groups -OCH3 is 1. The van der Waals surface area contributed by atoms with E-state index in [9.17, 15) is 4.39 Å². The zero-order valence-corrected chi connectivity index (χ0v) is 9.14. The van der Waals surface area contributed by atoms with Crippen LogP contribution in [-0.4, -0.2) is 13.7 Å². The number of fused-ring (bicyclic) bond motifs is 1. The van der Waals surface area contributed by atoms with Crippen LogP contribution in [0.4, 0.5) is 10.1 Å². The first kappa shape index (κ1) is 10.3. The molecule has 0 bridgehead atoms. The lowest BCUT2D eigenvalue weighted by Gasteiger charge is -2.26. The van der Waals surface area contributed by atoms with Gasteiger partial charge in [-0.1, -0.05) is 13.3 Å². The Morgan fingerprint density at radius 3 is 3.00 bits per heavy atom. The summed E-state index contributed by atoms with van der Waals surface area (Å²) in [5, 5.41) is 3.32. The van der Waals surface area contributed by atoms with Crippen LogP contribution in [0.1, 0.15) is 18.9 Å². The van der Waals surface area contributed by atoms with Crippen molar-refractivity contribution in [2.45, 2.75) is 19.8 Å². The molecule has 0 fully saturated rings. The second-order valence-corrected chi connectivity index (χ2v) is 4.00. The van der Waals surface area contributed by atoms with Crippen LogP contribution in [0.2, 0.25) is 0 Å². The Bertz CT molecular complexity index is 365. The Hall–Kier alpha value is -1.25. The van der Waals surface area contributed by atoms with E-state index in [1.54, 1.807) is 13.2 Å². The number of benzene rings is 1. The standard InChI is InChI=1S/C12H16FNO/c1-3-8-4-9-5-10(13)6-11(15-2)12(9)14-7-8/h5-6,8,14H,3-4,7H2,1-2H3. The molecule has 1 atom stereocenters. The maximum absolute atomic E-state index is 13.3. The number of hydrogen-bond donors (Lipinski definition) is 1. The Kier molecular flexibility index (Phi) is 2.80. The number of nitrogens with one attached hydrogen (secondary N) is 1. The van der Waals surface area contributed by atoms with Gasteiger partial charge >= 0.3 is 0 Å². The largest absolute Gasteiger partial charge is 0.494 e. The molecule has 1 aromatic carbocycles. The Morgan fingerprint density at radius 2 is 2.33 bits per heavy atom. The van der Waals surface area contributed by atoms with Crippen molar-refractivity contribution in [1.29, 1.82) is 0 Å². The van der Waals surface area contributed by atoms with Crippen molar-refractivity contribution in [3.8, 4) is 5.75 Å². The van der Waals surface area contributed by atoms with Crippen LogP contribution >= 0.6 is 0 Å². The van der Waals surface area contributed by atoms with E-state index in [0.29, 0.717) is 11.7 Å². The van der Waals surface area contributed by atoms with Gasteiger partial charge in [-0.05, 0) is 24.0 Å². The summed E-state index contributed by atoms with van der Waals surface area (Å²) in [5.74, 6) is 0.993. The van der Waals surface area contributed by atoms with Crippen molar-refractivity contribution in [1.82, 2.24) is 0 Å². The Balaban J connectivity index is 2.38. The number of anilines is 1. The molecule has 3 heteroatoms. The maximum atomic E-state index is 13.3. The van der Waals surface area contributed by atoms with Gasteiger partial charge in [0.25, 0.3) is 0 Å². The summed E-state index contributed by atoms with van der Waals surface area (Å²) in [4.78, 5) is 0. The van der Waals surface area contributed by atoms with Gasteiger partial charge in [-0.15, -0.1) is 0 Å². The topological polar surface area (TPSA) is 21.3 Å². The highest BCUT2D eigenvalue weighted by Gasteiger charge is 2.20. The summed E-state index contributed by atoms with van der Waals surface area (Å²) in [5.41, 5.74) is 1.99. The summed E-state index contributed by atoms with van der Waals surface area (Å²) >= 11 is 0. The molecule has 82 valence electrons. The van der Waals surface area contributed by atoms with Gasteiger partial charge in [0.2, 0.25) is 0 Å². The fourth-order valence-corrected chi connectivity index (χ4v) is 2.08. The molecule has 1 aromatic rings. The first-order chi connectivity index (χ1) is 7.24. The molecule has 1 unspecified atom stereocenters. The van der Waals surface area contributed by atoms with Crippen molar-refractivity contribution in [3.05, 3.63) is 23.5 Å². The lowest BCUT2D eigenvalue weighted by atomic mass is 9.92. The second-order valence-electron chi connectivity index (χ2n) is 4.00. The molecule has 0 amide bonds. The van der Waals surface area contributed by atoms with E-state index < -0.39 is 0 Å². The number of rotatable bonds is 2. The molecule has 0 saturated carbocycles. The number of hydrogen-bond acceptors (Lipinski definition) is 2. The molecule has 1 N–H and O–H groups in total. The van der Waals surface area contributed by atoms with Crippen LogP contribution in [0.5, 0.6) is 5.75 Å². The first-order valence-electron chi connectivity index (χ1n) is 5.35. The number of ether oxygens (including phenoxy) is 1. The summed E-state index contributed by atoms with van der Waals surface area (Å²) in [6.07, 6.45) is 2.05. The zero-order valence-electron chi connectivity index (χ0n) is 9.14. The minimum Gasteiger partial charge on any atom is -0.494 e. The molecule has 0 saturated heterocycles. The van der Waals surface area contributed by atoms with Gasteiger partial charge < -0.3 is 10.1 Å². The third-order valence-corrected chi connectivity index (χ3v) is 3.02. The van der Waals surface area contributed by atoms with Crippen LogP contribution in [0.15, 0.2) is 12.1 Å². The average molecular weight is 209 g/mol. The van der Waals surface area contributed by atoms with Gasteiger partial charge in [-0.2, -0.15) is 0 Å². The Labute approximate surface area is 89.4 Å². The van der Waals surface area contributed by atoms with Crippen LogP contribution in [0.3, 0.4) is 0 Å². The van der Waals surface area contributed by atoms with Gasteiger partial charge in [0.15, 0.2) is 0 Å². The molecule has 0 radical (unpaired) electrons. The average Bonchev–Trinajstić information content (AvgIpc) is 2.26. The molecule has 15 heavy (non-hydrogen) atoms. The molecule has 0 aromatic heterocycles. The van der Waals surface area contributed by atoms with Crippen molar-refractivity contribution >= 4 is 5.69 Å². The monoisotopic (exact) mass is 209 g/mol. The van der Waals surface area contributed by atoms with Crippen LogP contribution in [-0.2, 0) is 6.42 Å². The quantitative estimate of drug-likeness (QED) is 0.808. The highest BCUT2D eigenvalue weighted by Crippen LogP contribution is 2.35. The normalized spacial score (nSPS) is 19.3. The molecule has 2 rings (SSSR count). The van der Waals surface area contributed by atoms with E-state index in [1.165, 1.54) is 6.07 Å². The van der Waals surface area contributed by atoms with Gasteiger partial charge in [0.05, 0.1) is 12.8 Å². The Morgan fingerprint density at radius 1 is 1.53 bits per heavy atom. The molecule has 1 aliphatic rings. The van der Waals surface area contributed by atoms with E-state index in [2.05, 4.69) is 12.2 Å². The molecular formula is C12H16FNO. The summed E-state index contributed by atoms with van der Waals surface area (Å²) in [7, 11) is 1.57. The van der Waals surface area contributed by atoms with Gasteiger partial charge in [-0.25, -0.2) is 4.39 Å². The third kappa shape index (κ3) is 1.91. The molecule has 1 heterocycles. The summed E-state index contributed by atoms with van der Waals surface area (Å²) in [6.45, 7) is 3.11. The van der Waals surface area contributed by atoms with E-state index in [0.717, 1.165) is 30.6 Å². The summed E-state index contributed by atoms with van der Waals surface area (Å²) < 4.78 is 18.4. The predicted octanol–water partition coefficient (Wildman–Crippen LogP) is 2.83. The van der Waals surface area contributed by atoms with Crippen molar-refractivity contribution in [2.24, 2.45) is 5.92 Å². The maximum Gasteiger partial charge on any atom is 0.145 e. The van der Waals surface area contributed by atoms with Crippen LogP contribution in [0.25, 0.3) is 0 Å². The molecular weight excluding hydrogens is 193 g/mol. The highest BCUT2D eigenvalue weighted by molar-refractivity contribution is 5.63. The molecule has 1 aliphatic heterocycles. The minimum absolute atomic E-state index is 0.218. The van der Waals surface area contributed by atoms with Crippen molar-refractivity contribution in [2.75, 3.05) is 19.0 Å². The predicted molar refractivity (Wildman–Crippen MR) is 58.9 cm³/mol. The van der Waals surface area contributed by atoms with Gasteiger partial charge in [0.1, 0.15) is 11.6 Å². The smallest absolute Gasteiger partial charge is 0.145 e. The van der Waals surface area contributed by atoms with E-state index in [4.69, 9.17) is 4.74 Å². The fraction of sp³-hybridized carbons (Fsp3) is 0.500. The van der Waals surface area contributed by atoms with Gasteiger partial charge in [0, 0.05) is 12.6 Å². The lowest BCUT2D eigenvalue weighted by Crippen LogP contribution is -2.23. The molecule has 2 nitrogen and oxygen atoms in total. The van der Waals surface area contributed by atoms with Crippen LogP contribution < -0.4 is 10.1 Å². The highest BCUT2D eigenvalue weighted by atomic mass is 19.1. The SMILES string of the molecule is CCC1CNc2c(cc(F)cc2OC)C1. The van der Waals surface area contributed by atoms with Crippen molar-refractivity contribution < 1.29 is 9.13 Å². The van der Waals surface area contributed by atoms with Crippen LogP contribution in [0, 0.1) is 11.7 Å². The summed E-state index contributed by atoms with van der Waals surface area (Å²) in [6, 6.07) is 3.03.